The highest BCUT2D eigenvalue weighted by molar-refractivity contribution is 6.89. The fourth-order valence-electron chi connectivity index (χ4n) is 1.75. The van der Waals surface area contributed by atoms with Crippen molar-refractivity contribution in [3.8, 4) is 0 Å². The average molecular weight is 355 g/mol. The Hall–Kier alpha value is 0.0706. The first kappa shape index (κ1) is 20.1. The molecule has 0 amide bonds. The average Bonchev–Trinajstić information content (AvgIpc) is 2.18. The molecule has 0 heterocycles. The van der Waals surface area contributed by atoms with E-state index in [1.165, 1.54) is 0 Å². The Kier molecular flexibility index (Phi) is 7.93. The molecular weight excluding hydrogens is 328 g/mol. The lowest BCUT2D eigenvalue weighted by Crippen LogP contribution is -2.51. The van der Waals surface area contributed by atoms with Gasteiger partial charge >= 0.3 is 14.5 Å². The van der Waals surface area contributed by atoms with Gasteiger partial charge in [0.1, 0.15) is 12.5 Å². The predicted molar refractivity (Wildman–Crippen MR) is 91.3 cm³/mol. The van der Waals surface area contributed by atoms with Crippen molar-refractivity contribution < 1.29 is 17.8 Å². The van der Waals surface area contributed by atoms with E-state index in [-0.39, 0.29) is 12.5 Å². The maximum absolute atomic E-state index is 11.0. The zero-order chi connectivity index (χ0) is 16.0. The summed E-state index contributed by atoms with van der Waals surface area (Å²) in [5.41, 5.74) is 1.96. The monoisotopic (exact) mass is 354 g/mol. The topological polar surface area (TPSA) is 44.8 Å². The van der Waals surface area contributed by atoms with E-state index in [0.29, 0.717) is 0 Å². The minimum absolute atomic E-state index is 0.126. The fourth-order valence-corrected chi connectivity index (χ4v) is 13.2. The number of alkyl halides is 1. The van der Waals surface area contributed by atoms with Crippen molar-refractivity contribution >= 4 is 42.8 Å². The van der Waals surface area contributed by atoms with Crippen LogP contribution in [0.3, 0.4) is 0 Å². The number of hydrogen-bond donors (Lipinski definition) is 0. The first-order chi connectivity index (χ1) is 8.87. The highest BCUT2D eigenvalue weighted by atomic mass is 35.5. The van der Waals surface area contributed by atoms with Crippen LogP contribution < -0.4 is 0 Å². The molecule has 0 aromatic heterocycles. The van der Waals surface area contributed by atoms with Crippen molar-refractivity contribution in [1.82, 2.24) is 0 Å². The third-order valence-electron chi connectivity index (χ3n) is 1.89. The van der Waals surface area contributed by atoms with Crippen LogP contribution in [0.15, 0.2) is 11.8 Å². The second kappa shape index (κ2) is 7.90. The van der Waals surface area contributed by atoms with E-state index in [0.717, 1.165) is 0 Å². The summed E-state index contributed by atoms with van der Waals surface area (Å²) in [7, 11) is -5.79. The lowest BCUT2D eigenvalue weighted by atomic mass is 10.7. The molecule has 0 atom stereocenters. The second-order valence-electron chi connectivity index (χ2n) is 6.66. The Morgan fingerprint density at radius 2 is 1.45 bits per heavy atom. The van der Waals surface area contributed by atoms with E-state index in [1.54, 1.807) is 6.08 Å². The molecule has 0 saturated heterocycles. The molecule has 0 spiro atoms. The highest BCUT2D eigenvalue weighted by Gasteiger charge is 2.38. The molecule has 0 aliphatic heterocycles. The van der Waals surface area contributed by atoms with Crippen LogP contribution in [0.2, 0.25) is 45.8 Å². The predicted octanol–water partition coefficient (Wildman–Crippen LogP) is 3.64. The number of rotatable bonds is 8. The van der Waals surface area contributed by atoms with Gasteiger partial charge in [0.15, 0.2) is 16.6 Å². The van der Waals surface area contributed by atoms with E-state index >= 15 is 0 Å². The van der Waals surface area contributed by atoms with Crippen molar-refractivity contribution in [3.05, 3.63) is 11.8 Å². The third-order valence-corrected chi connectivity index (χ3v) is 11.1. The quantitative estimate of drug-likeness (QED) is 0.379. The number of carbonyl (C=O) groups excluding carboxylic acids is 1. The van der Waals surface area contributed by atoms with Crippen LogP contribution in [0.25, 0.3) is 0 Å². The number of ether oxygens (including phenoxy) is 1. The molecule has 0 N–H and O–H groups in total. The van der Waals surface area contributed by atoms with E-state index in [1.807, 2.05) is 12.2 Å². The Morgan fingerprint density at radius 1 is 1.00 bits per heavy atom. The maximum atomic E-state index is 11.0. The van der Waals surface area contributed by atoms with Crippen molar-refractivity contribution in [1.29, 1.82) is 0 Å². The van der Waals surface area contributed by atoms with Crippen LogP contribution in [0.5, 0.6) is 0 Å². The van der Waals surface area contributed by atoms with E-state index in [9.17, 15) is 4.79 Å². The number of carbonyl (C=O) groups is 1. The van der Waals surface area contributed by atoms with Gasteiger partial charge in [-0.1, -0.05) is 6.08 Å². The minimum Gasteiger partial charge on any atom is -0.461 e. The Labute approximate surface area is 131 Å². The van der Waals surface area contributed by atoms with Crippen molar-refractivity contribution in [2.24, 2.45) is 0 Å². The standard InChI is InChI=1S/C12H27ClO4Si3/c1-18(2,3)16-20(7,17-19(4,5)6)10-8-9-15-12(14)11-13/h8,10H,9,11H2,1-7H3/b10-8-. The summed E-state index contributed by atoms with van der Waals surface area (Å²) in [4.78, 5) is 11.0. The van der Waals surface area contributed by atoms with Crippen LogP contribution >= 0.6 is 11.6 Å². The van der Waals surface area contributed by atoms with Gasteiger partial charge in [0.2, 0.25) is 0 Å². The minimum atomic E-state index is -2.38. The summed E-state index contributed by atoms with van der Waals surface area (Å²) in [5.74, 6) is -0.545. The van der Waals surface area contributed by atoms with Crippen LogP contribution in [0, 0.1) is 0 Å². The molecule has 0 aliphatic carbocycles. The van der Waals surface area contributed by atoms with Gasteiger partial charge in [0, 0.05) is 0 Å². The maximum Gasteiger partial charge on any atom is 0.341 e. The lowest BCUT2D eigenvalue weighted by Gasteiger charge is -2.36. The van der Waals surface area contributed by atoms with E-state index in [4.69, 9.17) is 24.6 Å². The van der Waals surface area contributed by atoms with E-state index in [2.05, 4.69) is 39.3 Å². The molecule has 0 rings (SSSR count). The van der Waals surface area contributed by atoms with E-state index < -0.39 is 31.2 Å². The SMILES string of the molecule is C[Si](C)(C)O[Si](C)(/C=C\COC(=O)CCl)O[Si](C)(C)C. The second-order valence-corrected chi connectivity index (χ2v) is 19.4. The summed E-state index contributed by atoms with van der Waals surface area (Å²) in [5, 5.41) is 0. The van der Waals surface area contributed by atoms with Gasteiger partial charge in [0.05, 0.1) is 0 Å². The molecule has 0 aromatic rings. The van der Waals surface area contributed by atoms with Crippen molar-refractivity contribution in [2.45, 2.75) is 45.8 Å². The molecule has 0 bridgehead atoms. The Bertz CT molecular complexity index is 332. The normalized spacial score (nSPS) is 13.8. The van der Waals surface area contributed by atoms with Gasteiger partial charge in [0.25, 0.3) is 0 Å². The molecule has 0 radical (unpaired) electrons. The molecule has 0 fully saturated rings. The zero-order valence-electron chi connectivity index (χ0n) is 13.6. The summed E-state index contributed by atoms with van der Waals surface area (Å²) in [6.45, 7) is 15.1. The van der Waals surface area contributed by atoms with Gasteiger partial charge in [-0.05, 0) is 51.5 Å². The number of halogens is 1. The summed E-state index contributed by atoms with van der Waals surface area (Å²) in [6, 6.07) is 0. The van der Waals surface area contributed by atoms with Gasteiger partial charge in [-0.25, -0.2) is 0 Å². The van der Waals surface area contributed by atoms with Crippen molar-refractivity contribution in [3.63, 3.8) is 0 Å². The smallest absolute Gasteiger partial charge is 0.341 e. The molecule has 0 unspecified atom stereocenters. The molecule has 0 aromatic carbocycles. The molecular formula is C12H27ClO4Si3. The fraction of sp³-hybridized carbons (Fsp3) is 0.750. The van der Waals surface area contributed by atoms with Crippen molar-refractivity contribution in [2.75, 3.05) is 12.5 Å². The molecule has 4 nitrogen and oxygen atoms in total. The third kappa shape index (κ3) is 10.8. The molecule has 118 valence electrons. The van der Waals surface area contributed by atoms with Gasteiger partial charge < -0.3 is 13.0 Å². The Morgan fingerprint density at radius 3 is 1.80 bits per heavy atom. The van der Waals surface area contributed by atoms with Gasteiger partial charge in [-0.3, -0.25) is 4.79 Å². The number of esters is 1. The summed E-state index contributed by atoms with van der Waals surface area (Å²) < 4.78 is 17.5. The molecule has 20 heavy (non-hydrogen) atoms. The first-order valence-electron chi connectivity index (χ1n) is 6.66. The summed E-state index contributed by atoms with van der Waals surface area (Å²) >= 11 is 5.37. The van der Waals surface area contributed by atoms with Crippen LogP contribution in [0.4, 0.5) is 0 Å². The first-order valence-corrected chi connectivity index (χ1v) is 16.4. The lowest BCUT2D eigenvalue weighted by molar-refractivity contribution is -0.139. The van der Waals surface area contributed by atoms with Crippen LogP contribution in [-0.4, -0.2) is 43.7 Å². The largest absolute Gasteiger partial charge is 0.461 e. The van der Waals surface area contributed by atoms with Gasteiger partial charge in [-0.2, -0.15) is 0 Å². The highest BCUT2D eigenvalue weighted by Crippen LogP contribution is 2.21. The summed E-state index contributed by atoms with van der Waals surface area (Å²) in [6.07, 6.45) is 1.80. The van der Waals surface area contributed by atoms with Crippen LogP contribution in [0.1, 0.15) is 0 Å². The molecule has 0 saturated carbocycles. The molecule has 8 heteroatoms. The molecule has 0 aliphatic rings. The van der Waals surface area contributed by atoms with Gasteiger partial charge in [-0.15, -0.1) is 11.6 Å². The Balaban J connectivity index is 4.77. The zero-order valence-corrected chi connectivity index (χ0v) is 17.3. The number of hydrogen-bond acceptors (Lipinski definition) is 4. The van der Waals surface area contributed by atoms with Crippen LogP contribution in [-0.2, 0) is 17.8 Å².